The predicted molar refractivity (Wildman–Crippen MR) is 78.6 cm³/mol. The maximum Gasteiger partial charge on any atom is 0.118 e. The summed E-state index contributed by atoms with van der Waals surface area (Å²) in [5, 5.41) is 7.22. The highest BCUT2D eigenvalue weighted by Gasteiger charge is 2.24. The van der Waals surface area contributed by atoms with Gasteiger partial charge in [0.2, 0.25) is 0 Å². The first-order valence-corrected chi connectivity index (χ1v) is 7.23. The standard InChI is InChI=1S/C16H21N3O/c1-20-14-7-5-13(6-8-14)12-19-11-3-2-4-16(19)15-9-10-17-18-15/h5-10,16H,2-4,11-12H2,1H3,(H,17,18). The lowest BCUT2D eigenvalue weighted by molar-refractivity contribution is 0.137. The lowest BCUT2D eigenvalue weighted by Crippen LogP contribution is -2.33. The van der Waals surface area contributed by atoms with Crippen molar-refractivity contribution in [2.75, 3.05) is 13.7 Å². The minimum absolute atomic E-state index is 0.466. The van der Waals surface area contributed by atoms with Crippen LogP contribution in [0, 0.1) is 0 Å². The molecule has 1 aromatic carbocycles. The summed E-state index contributed by atoms with van der Waals surface area (Å²) in [7, 11) is 1.70. The molecule has 3 rings (SSSR count). The van der Waals surface area contributed by atoms with Crippen molar-refractivity contribution in [2.45, 2.75) is 31.8 Å². The Morgan fingerprint density at radius 1 is 1.25 bits per heavy atom. The van der Waals surface area contributed by atoms with Gasteiger partial charge in [-0.1, -0.05) is 18.6 Å². The van der Waals surface area contributed by atoms with Gasteiger partial charge in [-0.25, -0.2) is 0 Å². The highest BCUT2D eigenvalue weighted by atomic mass is 16.5. The normalized spacial score (nSPS) is 19.9. The van der Waals surface area contributed by atoms with Crippen molar-refractivity contribution in [3.8, 4) is 5.75 Å². The zero-order chi connectivity index (χ0) is 13.8. The molecule has 106 valence electrons. The molecule has 1 unspecified atom stereocenters. The topological polar surface area (TPSA) is 41.1 Å². The summed E-state index contributed by atoms with van der Waals surface area (Å²) in [6, 6.07) is 10.9. The Morgan fingerprint density at radius 3 is 2.80 bits per heavy atom. The SMILES string of the molecule is COc1ccc(CN2CCCCC2c2ccn[nH]2)cc1. The van der Waals surface area contributed by atoms with Gasteiger partial charge in [-0.15, -0.1) is 0 Å². The van der Waals surface area contributed by atoms with Crippen LogP contribution in [0.15, 0.2) is 36.5 Å². The summed E-state index contributed by atoms with van der Waals surface area (Å²) < 4.78 is 5.21. The molecule has 4 nitrogen and oxygen atoms in total. The van der Waals surface area contributed by atoms with E-state index in [1.54, 1.807) is 7.11 Å². The first-order valence-electron chi connectivity index (χ1n) is 7.23. The maximum atomic E-state index is 5.21. The van der Waals surface area contributed by atoms with E-state index in [1.165, 1.54) is 30.5 Å². The van der Waals surface area contributed by atoms with Crippen molar-refractivity contribution in [3.63, 3.8) is 0 Å². The maximum absolute atomic E-state index is 5.21. The van der Waals surface area contributed by atoms with Gasteiger partial charge in [-0.05, 0) is 43.1 Å². The average Bonchev–Trinajstić information content (AvgIpc) is 3.03. The molecule has 1 fully saturated rings. The minimum Gasteiger partial charge on any atom is -0.497 e. The van der Waals surface area contributed by atoms with Crippen LogP contribution in [0.3, 0.4) is 0 Å². The van der Waals surface area contributed by atoms with Gasteiger partial charge in [0.25, 0.3) is 0 Å². The summed E-state index contributed by atoms with van der Waals surface area (Å²) in [5.74, 6) is 0.914. The number of piperidine rings is 1. The molecule has 1 N–H and O–H groups in total. The quantitative estimate of drug-likeness (QED) is 0.928. The Bertz CT molecular complexity index is 521. The van der Waals surface area contributed by atoms with Gasteiger partial charge in [0.1, 0.15) is 5.75 Å². The van der Waals surface area contributed by atoms with Gasteiger partial charge >= 0.3 is 0 Å². The largest absolute Gasteiger partial charge is 0.497 e. The number of nitrogens with one attached hydrogen (secondary N) is 1. The number of ether oxygens (including phenoxy) is 1. The van der Waals surface area contributed by atoms with Crippen molar-refractivity contribution in [1.29, 1.82) is 0 Å². The number of benzene rings is 1. The molecule has 0 spiro atoms. The molecule has 2 heterocycles. The number of hydrogen-bond donors (Lipinski definition) is 1. The van der Waals surface area contributed by atoms with Gasteiger partial charge < -0.3 is 4.74 Å². The van der Waals surface area contributed by atoms with Crippen molar-refractivity contribution in [2.24, 2.45) is 0 Å². The van der Waals surface area contributed by atoms with Crippen LogP contribution >= 0.6 is 0 Å². The Hall–Kier alpha value is -1.81. The van der Waals surface area contributed by atoms with E-state index in [-0.39, 0.29) is 0 Å². The third-order valence-electron chi connectivity index (χ3n) is 4.04. The van der Waals surface area contributed by atoms with E-state index in [0.717, 1.165) is 18.8 Å². The summed E-state index contributed by atoms with van der Waals surface area (Å²) in [4.78, 5) is 2.54. The molecular weight excluding hydrogens is 250 g/mol. The molecular formula is C16H21N3O. The Kier molecular flexibility index (Phi) is 4.02. The van der Waals surface area contributed by atoms with E-state index >= 15 is 0 Å². The van der Waals surface area contributed by atoms with E-state index in [4.69, 9.17) is 4.74 Å². The van der Waals surface area contributed by atoms with Crippen molar-refractivity contribution in [1.82, 2.24) is 15.1 Å². The van der Waals surface area contributed by atoms with Crippen LogP contribution in [0.25, 0.3) is 0 Å². The second kappa shape index (κ2) is 6.09. The number of aromatic nitrogens is 2. The highest BCUT2D eigenvalue weighted by molar-refractivity contribution is 5.27. The van der Waals surface area contributed by atoms with Gasteiger partial charge in [-0.3, -0.25) is 10.00 Å². The molecule has 1 aromatic heterocycles. The second-order valence-electron chi connectivity index (χ2n) is 5.34. The van der Waals surface area contributed by atoms with E-state index in [0.29, 0.717) is 6.04 Å². The average molecular weight is 271 g/mol. The summed E-state index contributed by atoms with van der Waals surface area (Å²) in [6.07, 6.45) is 5.62. The van der Waals surface area contributed by atoms with Crippen molar-refractivity contribution in [3.05, 3.63) is 47.8 Å². The molecule has 0 saturated carbocycles. The summed E-state index contributed by atoms with van der Waals surface area (Å²) >= 11 is 0. The monoisotopic (exact) mass is 271 g/mol. The van der Waals surface area contributed by atoms with Crippen LogP contribution < -0.4 is 4.74 Å². The molecule has 0 aliphatic carbocycles. The highest BCUT2D eigenvalue weighted by Crippen LogP contribution is 2.31. The molecule has 1 aliphatic rings. The number of hydrogen-bond acceptors (Lipinski definition) is 3. The molecule has 1 atom stereocenters. The fourth-order valence-electron chi connectivity index (χ4n) is 2.95. The number of H-pyrrole nitrogens is 1. The summed E-state index contributed by atoms with van der Waals surface area (Å²) in [6.45, 7) is 2.13. The Morgan fingerprint density at radius 2 is 2.10 bits per heavy atom. The Balaban J connectivity index is 1.73. The molecule has 0 radical (unpaired) electrons. The number of nitrogens with zero attached hydrogens (tertiary/aromatic N) is 2. The zero-order valence-electron chi connectivity index (χ0n) is 11.9. The number of methoxy groups -OCH3 is 1. The van der Waals surface area contributed by atoms with Crippen LogP contribution in [-0.2, 0) is 6.54 Å². The van der Waals surface area contributed by atoms with Gasteiger partial charge in [0, 0.05) is 12.7 Å². The van der Waals surface area contributed by atoms with E-state index in [9.17, 15) is 0 Å². The van der Waals surface area contributed by atoms with Crippen LogP contribution in [-0.4, -0.2) is 28.8 Å². The molecule has 0 amide bonds. The first-order chi connectivity index (χ1) is 9.86. The third-order valence-corrected chi connectivity index (χ3v) is 4.04. The minimum atomic E-state index is 0.466. The van der Waals surface area contributed by atoms with E-state index in [2.05, 4.69) is 33.3 Å². The fourth-order valence-corrected chi connectivity index (χ4v) is 2.95. The first kappa shape index (κ1) is 13.2. The smallest absolute Gasteiger partial charge is 0.118 e. The van der Waals surface area contributed by atoms with Crippen molar-refractivity contribution < 1.29 is 4.74 Å². The molecule has 2 aromatic rings. The van der Waals surface area contributed by atoms with Gasteiger partial charge in [0.15, 0.2) is 0 Å². The predicted octanol–water partition coefficient (Wildman–Crippen LogP) is 3.15. The number of likely N-dealkylation sites (tertiary alicyclic amines) is 1. The lowest BCUT2D eigenvalue weighted by atomic mass is 9.98. The van der Waals surface area contributed by atoms with Crippen molar-refractivity contribution >= 4 is 0 Å². The molecule has 4 heteroatoms. The van der Waals surface area contributed by atoms with Crippen LogP contribution in [0.1, 0.15) is 36.6 Å². The molecule has 20 heavy (non-hydrogen) atoms. The molecule has 0 bridgehead atoms. The molecule has 1 saturated heterocycles. The summed E-state index contributed by atoms with van der Waals surface area (Å²) in [5.41, 5.74) is 2.57. The van der Waals surface area contributed by atoms with Crippen LogP contribution in [0.4, 0.5) is 0 Å². The Labute approximate surface area is 119 Å². The number of rotatable bonds is 4. The van der Waals surface area contributed by atoms with E-state index < -0.39 is 0 Å². The van der Waals surface area contributed by atoms with E-state index in [1.807, 2.05) is 18.3 Å². The lowest BCUT2D eigenvalue weighted by Gasteiger charge is -2.35. The zero-order valence-corrected chi connectivity index (χ0v) is 11.9. The second-order valence-corrected chi connectivity index (χ2v) is 5.34. The van der Waals surface area contributed by atoms with Crippen LogP contribution in [0.5, 0.6) is 5.75 Å². The fraction of sp³-hybridized carbons (Fsp3) is 0.438. The van der Waals surface area contributed by atoms with Crippen LogP contribution in [0.2, 0.25) is 0 Å². The van der Waals surface area contributed by atoms with Gasteiger partial charge in [-0.2, -0.15) is 5.10 Å². The third kappa shape index (κ3) is 2.85. The number of aromatic amines is 1. The van der Waals surface area contributed by atoms with Gasteiger partial charge in [0.05, 0.1) is 18.8 Å². The molecule has 1 aliphatic heterocycles.